The number of unbranched alkanes of at least 4 members (excludes halogenated alkanes) is 2. The SMILES string of the molecule is C=CC(=O)OCCCCOc1ccc(C(=O)Sc2ccc(C(=O)Oc3ccc(OC(=O)c4ccc(SC(=O)c5ccc(OCCCCOC(=O)C=C)cc5)cc4)c(C)c3)cc2)cc1. The van der Waals surface area contributed by atoms with Gasteiger partial charge in [0.05, 0.1) is 37.6 Å². The third-order valence-corrected chi connectivity index (χ3v) is 10.6. The van der Waals surface area contributed by atoms with Crippen molar-refractivity contribution in [3.05, 3.63) is 168 Å². The van der Waals surface area contributed by atoms with Crippen LogP contribution in [0.1, 0.15) is 72.7 Å². The van der Waals surface area contributed by atoms with Crippen LogP contribution in [0.4, 0.5) is 0 Å². The third kappa shape index (κ3) is 15.5. The van der Waals surface area contributed by atoms with Gasteiger partial charge in [0.2, 0.25) is 10.2 Å². The lowest BCUT2D eigenvalue weighted by atomic mass is 10.2. The van der Waals surface area contributed by atoms with Crippen molar-refractivity contribution in [1.82, 2.24) is 0 Å². The molecule has 12 nitrogen and oxygen atoms in total. The largest absolute Gasteiger partial charge is 0.494 e. The van der Waals surface area contributed by atoms with Crippen LogP contribution in [-0.2, 0) is 19.1 Å². The summed E-state index contributed by atoms with van der Waals surface area (Å²) in [6.45, 7) is 9.88. The molecule has 63 heavy (non-hydrogen) atoms. The topological polar surface area (TPSA) is 158 Å². The smallest absolute Gasteiger partial charge is 0.343 e. The fraction of sp³-hybridized carbons (Fsp3) is 0.184. The standard InChI is InChI=1S/C49H44O12S2/c1-4-44(50)58-30-8-6-28-56-38-18-10-36(11-19-38)48(54)62-41-23-14-34(15-24-41)46(52)60-40-22-27-43(33(3)32-40)61-47(53)35-16-25-42(26-17-35)63-49(55)37-12-20-39(21-13-37)57-29-7-9-31-59-45(51)5-2/h4-5,10-27,32H,1-2,6-9,28-31H2,3H3. The van der Waals surface area contributed by atoms with Crippen LogP contribution in [0.2, 0.25) is 0 Å². The number of aryl methyl sites for hydroxylation is 1. The summed E-state index contributed by atoms with van der Waals surface area (Å²) in [4.78, 5) is 75.1. The van der Waals surface area contributed by atoms with E-state index in [4.69, 9.17) is 28.4 Å². The van der Waals surface area contributed by atoms with E-state index in [1.54, 1.807) is 110 Å². The fourth-order valence-electron chi connectivity index (χ4n) is 5.40. The maximum Gasteiger partial charge on any atom is 0.343 e. The summed E-state index contributed by atoms with van der Waals surface area (Å²) in [7, 11) is 0. The van der Waals surface area contributed by atoms with Crippen molar-refractivity contribution in [3.8, 4) is 23.0 Å². The van der Waals surface area contributed by atoms with E-state index < -0.39 is 23.9 Å². The number of thioether (sulfide) groups is 2. The molecule has 0 saturated carbocycles. The van der Waals surface area contributed by atoms with Gasteiger partial charge in [0.25, 0.3) is 0 Å². The van der Waals surface area contributed by atoms with Crippen molar-refractivity contribution in [2.45, 2.75) is 42.4 Å². The maximum absolute atomic E-state index is 13.0. The Hall–Kier alpha value is -6.90. The quantitative estimate of drug-likeness (QED) is 0.0212. The van der Waals surface area contributed by atoms with Gasteiger partial charge in [-0.25, -0.2) is 19.2 Å². The van der Waals surface area contributed by atoms with E-state index in [0.29, 0.717) is 90.1 Å². The highest BCUT2D eigenvalue weighted by Crippen LogP contribution is 2.29. The van der Waals surface area contributed by atoms with Crippen molar-refractivity contribution >= 4 is 57.6 Å². The third-order valence-electron chi connectivity index (χ3n) is 8.78. The number of carbonyl (C=O) groups is 6. The molecule has 0 aliphatic rings. The first-order chi connectivity index (χ1) is 30.5. The Morgan fingerprint density at radius 1 is 0.476 bits per heavy atom. The Kier molecular flexibility index (Phi) is 18.4. The molecule has 0 aliphatic carbocycles. The molecule has 14 heteroatoms. The molecule has 0 heterocycles. The van der Waals surface area contributed by atoms with Gasteiger partial charge in [-0.3, -0.25) is 9.59 Å². The Balaban J connectivity index is 1.03. The van der Waals surface area contributed by atoms with Crippen molar-refractivity contribution < 1.29 is 57.2 Å². The number of benzene rings is 5. The molecular formula is C49H44O12S2. The number of ether oxygens (including phenoxy) is 6. The summed E-state index contributed by atoms with van der Waals surface area (Å²) >= 11 is 2.04. The van der Waals surface area contributed by atoms with Gasteiger partial charge in [-0.15, -0.1) is 0 Å². The van der Waals surface area contributed by atoms with Crippen LogP contribution in [0.3, 0.4) is 0 Å². The van der Waals surface area contributed by atoms with E-state index in [0.717, 1.165) is 35.7 Å². The second-order valence-corrected chi connectivity index (χ2v) is 15.5. The van der Waals surface area contributed by atoms with Crippen molar-refractivity contribution in [3.63, 3.8) is 0 Å². The molecule has 0 saturated heterocycles. The number of hydrogen-bond acceptors (Lipinski definition) is 14. The molecule has 0 spiro atoms. The number of esters is 4. The molecule has 5 rings (SSSR count). The Morgan fingerprint density at radius 3 is 1.27 bits per heavy atom. The van der Waals surface area contributed by atoms with Crippen LogP contribution in [0.25, 0.3) is 0 Å². The molecule has 0 radical (unpaired) electrons. The predicted molar refractivity (Wildman–Crippen MR) is 239 cm³/mol. The van der Waals surface area contributed by atoms with Gasteiger partial charge in [-0.1, -0.05) is 13.2 Å². The summed E-state index contributed by atoms with van der Waals surface area (Å²) in [5.41, 5.74) is 2.09. The van der Waals surface area contributed by atoms with Gasteiger partial charge in [0.15, 0.2) is 0 Å². The monoisotopic (exact) mass is 888 g/mol. The second kappa shape index (κ2) is 24.5. The van der Waals surface area contributed by atoms with Crippen LogP contribution < -0.4 is 18.9 Å². The van der Waals surface area contributed by atoms with Crippen molar-refractivity contribution in [2.75, 3.05) is 26.4 Å². The molecular weight excluding hydrogens is 845 g/mol. The molecule has 0 unspecified atom stereocenters. The fourth-order valence-corrected chi connectivity index (χ4v) is 6.88. The zero-order valence-corrected chi connectivity index (χ0v) is 36.0. The molecule has 5 aromatic rings. The lowest BCUT2D eigenvalue weighted by molar-refractivity contribution is -0.138. The van der Waals surface area contributed by atoms with E-state index in [-0.39, 0.29) is 32.9 Å². The molecule has 5 aromatic carbocycles. The first kappa shape index (κ1) is 47.2. The predicted octanol–water partition coefficient (Wildman–Crippen LogP) is 10.1. The summed E-state index contributed by atoms with van der Waals surface area (Å²) in [6, 6.07) is 31.2. The van der Waals surface area contributed by atoms with Gasteiger partial charge < -0.3 is 28.4 Å². The van der Waals surface area contributed by atoms with Crippen molar-refractivity contribution in [1.29, 1.82) is 0 Å². The highest BCUT2D eigenvalue weighted by molar-refractivity contribution is 8.14. The molecule has 0 N–H and O–H groups in total. The number of carbonyl (C=O) groups excluding carboxylic acids is 6. The minimum atomic E-state index is -0.605. The van der Waals surface area contributed by atoms with Gasteiger partial charge in [0.1, 0.15) is 23.0 Å². The van der Waals surface area contributed by atoms with Crippen LogP contribution in [0.5, 0.6) is 23.0 Å². The first-order valence-corrected chi connectivity index (χ1v) is 21.4. The lowest BCUT2D eigenvalue weighted by Gasteiger charge is -2.10. The number of rotatable bonds is 22. The normalized spacial score (nSPS) is 10.5. The highest BCUT2D eigenvalue weighted by Gasteiger charge is 2.16. The zero-order valence-electron chi connectivity index (χ0n) is 34.4. The van der Waals surface area contributed by atoms with Gasteiger partial charge in [0, 0.05) is 33.1 Å². The van der Waals surface area contributed by atoms with Gasteiger partial charge in [-0.2, -0.15) is 0 Å². The van der Waals surface area contributed by atoms with Crippen LogP contribution in [0, 0.1) is 6.92 Å². The molecule has 0 amide bonds. The van der Waals surface area contributed by atoms with E-state index >= 15 is 0 Å². The Labute approximate surface area is 373 Å². The minimum absolute atomic E-state index is 0.178. The summed E-state index contributed by atoms with van der Waals surface area (Å²) in [5, 5.41) is -0.356. The zero-order chi connectivity index (χ0) is 45.0. The van der Waals surface area contributed by atoms with Crippen LogP contribution in [-0.4, -0.2) is 60.5 Å². The molecule has 0 aliphatic heterocycles. The summed E-state index contributed by atoms with van der Waals surface area (Å²) < 4.78 is 32.4. The highest BCUT2D eigenvalue weighted by atomic mass is 32.2. The molecule has 0 atom stereocenters. The number of hydrogen-bond donors (Lipinski definition) is 0. The Bertz CT molecular complexity index is 2390. The van der Waals surface area contributed by atoms with Crippen molar-refractivity contribution in [2.24, 2.45) is 0 Å². The maximum atomic E-state index is 13.0. The minimum Gasteiger partial charge on any atom is -0.494 e. The Morgan fingerprint density at radius 2 is 0.857 bits per heavy atom. The molecule has 324 valence electrons. The molecule has 0 fully saturated rings. The lowest BCUT2D eigenvalue weighted by Crippen LogP contribution is -2.10. The van der Waals surface area contributed by atoms with E-state index in [1.807, 2.05) is 0 Å². The first-order valence-electron chi connectivity index (χ1n) is 19.7. The van der Waals surface area contributed by atoms with Gasteiger partial charge in [-0.05, 0) is 177 Å². The van der Waals surface area contributed by atoms with E-state index in [2.05, 4.69) is 13.2 Å². The molecule has 0 bridgehead atoms. The average Bonchev–Trinajstić information content (AvgIpc) is 3.30. The van der Waals surface area contributed by atoms with E-state index in [9.17, 15) is 28.8 Å². The summed E-state index contributed by atoms with van der Waals surface area (Å²) in [6.07, 6.45) is 4.93. The van der Waals surface area contributed by atoms with Crippen LogP contribution >= 0.6 is 23.5 Å². The van der Waals surface area contributed by atoms with Crippen LogP contribution in [0.15, 0.2) is 150 Å². The molecule has 0 aromatic heterocycles. The average molecular weight is 889 g/mol. The second-order valence-electron chi connectivity index (χ2n) is 13.4. The van der Waals surface area contributed by atoms with Gasteiger partial charge >= 0.3 is 23.9 Å². The summed E-state index contributed by atoms with van der Waals surface area (Å²) in [5.74, 6) is -0.350. The van der Waals surface area contributed by atoms with E-state index in [1.165, 1.54) is 12.1 Å².